The average molecular weight is 539 g/mol. The predicted molar refractivity (Wildman–Crippen MR) is 144 cm³/mol. The molecule has 0 aliphatic heterocycles. The van der Waals surface area contributed by atoms with Gasteiger partial charge in [0.1, 0.15) is 36.4 Å². The summed E-state index contributed by atoms with van der Waals surface area (Å²) in [6.07, 6.45) is 1.53. The van der Waals surface area contributed by atoms with Gasteiger partial charge in [0.05, 0.1) is 0 Å². The molecule has 0 aliphatic carbocycles. The fourth-order valence-electron chi connectivity index (χ4n) is 3.35. The number of nitrogens with zero attached hydrogens (tertiary/aromatic N) is 1. The summed E-state index contributed by atoms with van der Waals surface area (Å²) in [5.74, 6) is 0.767. The van der Waals surface area contributed by atoms with Crippen molar-refractivity contribution in [2.75, 3.05) is 5.32 Å². The third kappa shape index (κ3) is 7.08. The lowest BCUT2D eigenvalue weighted by atomic mass is 10.1. The van der Waals surface area contributed by atoms with Crippen LogP contribution in [0.4, 0.5) is 5.69 Å². The van der Waals surface area contributed by atoms with E-state index in [0.29, 0.717) is 36.0 Å². The number of carbonyl (C=O) groups excluding carboxylic acids is 1. The molecule has 5 nitrogen and oxygen atoms in total. The van der Waals surface area contributed by atoms with Gasteiger partial charge in [0.25, 0.3) is 5.91 Å². The van der Waals surface area contributed by atoms with Crippen LogP contribution in [0, 0.1) is 11.3 Å². The van der Waals surface area contributed by atoms with E-state index < -0.39 is 5.91 Å². The van der Waals surface area contributed by atoms with Gasteiger partial charge in [0.15, 0.2) is 0 Å². The number of halogens is 1. The number of carbonyl (C=O) groups is 1. The molecule has 1 N–H and O–H groups in total. The van der Waals surface area contributed by atoms with Crippen LogP contribution in [0.25, 0.3) is 6.08 Å². The predicted octanol–water partition coefficient (Wildman–Crippen LogP) is 7.15. The van der Waals surface area contributed by atoms with E-state index >= 15 is 0 Å². The Labute approximate surface area is 218 Å². The van der Waals surface area contributed by atoms with Crippen LogP contribution in [0.5, 0.6) is 11.5 Å². The van der Waals surface area contributed by atoms with E-state index in [4.69, 9.17) is 9.47 Å². The lowest BCUT2D eigenvalue weighted by Gasteiger charge is -2.10. The maximum Gasteiger partial charge on any atom is 0.266 e. The highest BCUT2D eigenvalue weighted by Gasteiger charge is 2.12. The average Bonchev–Trinajstić information content (AvgIpc) is 2.92. The first-order valence-electron chi connectivity index (χ1n) is 11.3. The van der Waals surface area contributed by atoms with E-state index in [2.05, 4.69) is 21.2 Å². The summed E-state index contributed by atoms with van der Waals surface area (Å²) in [7, 11) is 0. The number of para-hydroxylation sites is 1. The molecule has 0 radical (unpaired) electrons. The number of hydrogen-bond donors (Lipinski definition) is 1. The van der Waals surface area contributed by atoms with Crippen molar-refractivity contribution in [3.05, 3.63) is 130 Å². The number of anilines is 1. The molecule has 0 fully saturated rings. The molecular formula is C30H23BrN2O3. The van der Waals surface area contributed by atoms with E-state index in [1.165, 1.54) is 6.08 Å². The molecule has 1 amide bonds. The van der Waals surface area contributed by atoms with Crippen molar-refractivity contribution in [3.63, 3.8) is 0 Å². The van der Waals surface area contributed by atoms with Crippen LogP contribution >= 0.6 is 15.9 Å². The molecule has 178 valence electrons. The zero-order valence-corrected chi connectivity index (χ0v) is 20.9. The molecule has 0 unspecified atom stereocenters. The highest BCUT2D eigenvalue weighted by Crippen LogP contribution is 2.24. The lowest BCUT2D eigenvalue weighted by molar-refractivity contribution is -0.112. The van der Waals surface area contributed by atoms with Gasteiger partial charge in [-0.25, -0.2) is 0 Å². The van der Waals surface area contributed by atoms with Crippen molar-refractivity contribution >= 4 is 33.6 Å². The smallest absolute Gasteiger partial charge is 0.266 e. The third-order valence-electron chi connectivity index (χ3n) is 5.25. The van der Waals surface area contributed by atoms with E-state index in [-0.39, 0.29) is 5.57 Å². The summed E-state index contributed by atoms with van der Waals surface area (Å²) >= 11 is 3.42. The zero-order chi connectivity index (χ0) is 25.2. The Balaban J connectivity index is 1.39. The number of nitriles is 1. The molecule has 0 aliphatic rings. The Morgan fingerprint density at radius 1 is 0.806 bits per heavy atom. The van der Waals surface area contributed by atoms with Crippen molar-refractivity contribution in [2.45, 2.75) is 13.2 Å². The zero-order valence-electron chi connectivity index (χ0n) is 19.4. The molecule has 0 heterocycles. The first-order chi connectivity index (χ1) is 17.6. The van der Waals surface area contributed by atoms with Gasteiger partial charge in [-0.1, -0.05) is 76.6 Å². The van der Waals surface area contributed by atoms with Gasteiger partial charge in [-0.2, -0.15) is 5.26 Å². The molecule has 4 aromatic rings. The number of amides is 1. The fourth-order valence-corrected chi connectivity index (χ4v) is 3.62. The van der Waals surface area contributed by atoms with Crippen LogP contribution in [0.3, 0.4) is 0 Å². The van der Waals surface area contributed by atoms with Crippen molar-refractivity contribution < 1.29 is 14.3 Å². The number of nitrogens with one attached hydrogen (secondary N) is 1. The van der Waals surface area contributed by atoms with E-state index in [9.17, 15) is 10.1 Å². The van der Waals surface area contributed by atoms with Gasteiger partial charge in [-0.3, -0.25) is 4.79 Å². The van der Waals surface area contributed by atoms with Crippen molar-refractivity contribution in [3.8, 4) is 17.6 Å². The van der Waals surface area contributed by atoms with E-state index in [1.807, 2.05) is 78.9 Å². The largest absolute Gasteiger partial charge is 0.489 e. The summed E-state index contributed by atoms with van der Waals surface area (Å²) < 4.78 is 12.7. The first-order valence-corrected chi connectivity index (χ1v) is 12.1. The number of benzene rings is 4. The second-order valence-corrected chi connectivity index (χ2v) is 8.79. The molecule has 0 aromatic heterocycles. The highest BCUT2D eigenvalue weighted by molar-refractivity contribution is 9.10. The maximum atomic E-state index is 12.8. The Kier molecular flexibility index (Phi) is 8.53. The van der Waals surface area contributed by atoms with Gasteiger partial charge in [0, 0.05) is 15.7 Å². The van der Waals surface area contributed by atoms with E-state index in [1.54, 1.807) is 30.3 Å². The highest BCUT2D eigenvalue weighted by atomic mass is 79.9. The molecule has 36 heavy (non-hydrogen) atoms. The maximum absolute atomic E-state index is 12.8. The fraction of sp³-hybridized carbons (Fsp3) is 0.0667. The van der Waals surface area contributed by atoms with Crippen molar-refractivity contribution in [1.82, 2.24) is 0 Å². The van der Waals surface area contributed by atoms with Gasteiger partial charge in [-0.05, 0) is 59.7 Å². The van der Waals surface area contributed by atoms with Crippen molar-refractivity contribution in [1.29, 1.82) is 5.26 Å². The summed E-state index contributed by atoms with van der Waals surface area (Å²) in [5.41, 5.74) is 3.25. The molecular weight excluding hydrogens is 516 g/mol. The summed E-state index contributed by atoms with van der Waals surface area (Å²) in [6, 6.07) is 34.0. The van der Waals surface area contributed by atoms with Crippen LogP contribution in [-0.4, -0.2) is 5.91 Å². The monoisotopic (exact) mass is 538 g/mol. The minimum atomic E-state index is -0.502. The van der Waals surface area contributed by atoms with Crippen LogP contribution in [-0.2, 0) is 18.0 Å². The molecule has 4 rings (SSSR count). The first kappa shape index (κ1) is 24.8. The Bertz CT molecular complexity index is 1380. The quantitative estimate of drug-likeness (QED) is 0.181. The van der Waals surface area contributed by atoms with Crippen LogP contribution in [0.15, 0.2) is 113 Å². The number of hydrogen-bond acceptors (Lipinski definition) is 4. The Morgan fingerprint density at radius 3 is 2.17 bits per heavy atom. The molecule has 0 atom stereocenters. The van der Waals surface area contributed by atoms with Crippen LogP contribution < -0.4 is 14.8 Å². The van der Waals surface area contributed by atoms with Crippen LogP contribution in [0.1, 0.15) is 16.7 Å². The number of rotatable bonds is 9. The minimum absolute atomic E-state index is 0.0286. The van der Waals surface area contributed by atoms with Gasteiger partial charge in [0.2, 0.25) is 0 Å². The molecule has 0 saturated heterocycles. The summed E-state index contributed by atoms with van der Waals surface area (Å²) in [4.78, 5) is 12.8. The van der Waals surface area contributed by atoms with Crippen molar-refractivity contribution in [2.24, 2.45) is 0 Å². The standard InChI is InChI=1S/C30H23BrN2O3/c31-26-12-10-23(11-13-26)21-36-29-9-5-4-8-24(29)18-25(19-32)30(34)33-27-14-16-28(17-15-27)35-20-22-6-2-1-3-7-22/h1-18H,20-21H2,(H,33,34)/b25-18+. The molecule has 0 bridgehead atoms. The lowest BCUT2D eigenvalue weighted by Crippen LogP contribution is -2.13. The van der Waals surface area contributed by atoms with E-state index in [0.717, 1.165) is 15.6 Å². The second kappa shape index (κ2) is 12.4. The molecule has 0 spiro atoms. The van der Waals surface area contributed by atoms with Crippen LogP contribution in [0.2, 0.25) is 0 Å². The Morgan fingerprint density at radius 2 is 1.44 bits per heavy atom. The molecule has 6 heteroatoms. The Hall–Kier alpha value is -4.34. The van der Waals surface area contributed by atoms with Gasteiger partial charge in [-0.15, -0.1) is 0 Å². The van der Waals surface area contributed by atoms with Gasteiger partial charge < -0.3 is 14.8 Å². The summed E-state index contributed by atoms with van der Waals surface area (Å²) in [6.45, 7) is 0.821. The third-order valence-corrected chi connectivity index (χ3v) is 5.78. The van der Waals surface area contributed by atoms with Gasteiger partial charge >= 0.3 is 0 Å². The molecule has 0 saturated carbocycles. The number of ether oxygens (including phenoxy) is 2. The summed E-state index contributed by atoms with van der Waals surface area (Å²) in [5, 5.41) is 12.4. The normalized spacial score (nSPS) is 10.8. The second-order valence-electron chi connectivity index (χ2n) is 7.88. The topological polar surface area (TPSA) is 71.3 Å². The molecule has 4 aromatic carbocycles. The SMILES string of the molecule is N#C/C(=C\c1ccccc1OCc1ccc(Br)cc1)C(=O)Nc1ccc(OCc2ccccc2)cc1. The minimum Gasteiger partial charge on any atom is -0.489 e.